The lowest BCUT2D eigenvalue weighted by Gasteiger charge is -2.32. The molecule has 1 saturated heterocycles. The summed E-state index contributed by atoms with van der Waals surface area (Å²) in [5.74, 6) is -0.0206. The van der Waals surface area contributed by atoms with Gasteiger partial charge in [0.2, 0.25) is 20.8 Å². The van der Waals surface area contributed by atoms with Crippen LogP contribution >= 0.6 is 0 Å². The number of nitrogens with zero attached hydrogens (tertiary/aromatic N) is 2. The number of morpholine rings is 1. The van der Waals surface area contributed by atoms with E-state index in [2.05, 4.69) is 4.98 Å². The molecule has 0 aliphatic carbocycles. The molecule has 0 bridgehead atoms. The van der Waals surface area contributed by atoms with E-state index >= 15 is 0 Å². The van der Waals surface area contributed by atoms with Crippen molar-refractivity contribution >= 4 is 15.8 Å². The van der Waals surface area contributed by atoms with E-state index in [9.17, 15) is 18.3 Å². The third kappa shape index (κ3) is 5.82. The van der Waals surface area contributed by atoms with E-state index in [4.69, 9.17) is 13.9 Å². The number of aliphatic carboxylic acids is 1. The van der Waals surface area contributed by atoms with Crippen LogP contribution in [-0.2, 0) is 32.3 Å². The molecule has 0 radical (unpaired) electrons. The molecule has 2 aromatic carbocycles. The molecule has 4 rings (SSSR count). The Balaban J connectivity index is 1.38. The zero-order chi connectivity index (χ0) is 24.1. The van der Waals surface area contributed by atoms with Crippen molar-refractivity contribution in [3.8, 4) is 17.2 Å². The molecule has 1 aliphatic heterocycles. The third-order valence-electron chi connectivity index (χ3n) is 5.46. The molecule has 180 valence electrons. The number of sulfone groups is 1. The Morgan fingerprint density at radius 3 is 2.59 bits per heavy atom. The molecule has 0 saturated carbocycles. The summed E-state index contributed by atoms with van der Waals surface area (Å²) < 4.78 is 41.0. The van der Waals surface area contributed by atoms with Gasteiger partial charge in [0, 0.05) is 31.3 Å². The van der Waals surface area contributed by atoms with E-state index in [0.717, 1.165) is 11.8 Å². The third-order valence-corrected chi connectivity index (χ3v) is 6.45. The molecule has 34 heavy (non-hydrogen) atoms. The van der Waals surface area contributed by atoms with Crippen molar-refractivity contribution in [1.29, 1.82) is 0 Å². The Kier molecular flexibility index (Phi) is 7.30. The second-order valence-electron chi connectivity index (χ2n) is 8.03. The molecular formula is C24H26N2O7S. The molecule has 1 atom stereocenters. The number of carbonyl (C=O) groups is 1. The number of carboxylic acid groups (broad SMARTS) is 1. The minimum atomic E-state index is -3.59. The maximum atomic E-state index is 12.2. The summed E-state index contributed by atoms with van der Waals surface area (Å²) in [7, 11) is -3.59. The number of rotatable bonds is 9. The highest BCUT2D eigenvalue weighted by Crippen LogP contribution is 2.26. The Morgan fingerprint density at radius 1 is 1.18 bits per heavy atom. The molecule has 1 aliphatic rings. The van der Waals surface area contributed by atoms with Gasteiger partial charge in [0.25, 0.3) is 0 Å². The van der Waals surface area contributed by atoms with E-state index in [1.165, 1.54) is 0 Å². The number of oxazole rings is 1. The fourth-order valence-corrected chi connectivity index (χ4v) is 4.54. The van der Waals surface area contributed by atoms with Gasteiger partial charge < -0.3 is 19.0 Å². The van der Waals surface area contributed by atoms with Gasteiger partial charge in [-0.05, 0) is 29.8 Å². The van der Waals surface area contributed by atoms with Crippen molar-refractivity contribution in [3.63, 3.8) is 0 Å². The first kappa shape index (κ1) is 23.9. The molecule has 2 heterocycles. The van der Waals surface area contributed by atoms with Crippen LogP contribution < -0.4 is 4.74 Å². The highest BCUT2D eigenvalue weighted by Gasteiger charge is 2.29. The van der Waals surface area contributed by atoms with Gasteiger partial charge in [0.05, 0.1) is 19.8 Å². The number of ether oxygens (including phenoxy) is 2. The summed E-state index contributed by atoms with van der Waals surface area (Å²) in [6.07, 6.45) is 1.35. The Hall–Kier alpha value is -3.21. The van der Waals surface area contributed by atoms with Crippen molar-refractivity contribution < 1.29 is 32.2 Å². The number of carboxylic acids is 1. The fraction of sp³-hybridized carbons (Fsp3) is 0.333. The number of benzene rings is 2. The lowest BCUT2D eigenvalue weighted by Crippen LogP contribution is -2.49. The fourth-order valence-electron chi connectivity index (χ4n) is 3.74. The van der Waals surface area contributed by atoms with Crippen LogP contribution in [0.3, 0.4) is 0 Å². The van der Waals surface area contributed by atoms with Crippen LogP contribution in [-0.4, -0.2) is 68.0 Å². The second kappa shape index (κ2) is 10.4. The lowest BCUT2D eigenvalue weighted by molar-refractivity contribution is -0.150. The van der Waals surface area contributed by atoms with Gasteiger partial charge in [-0.2, -0.15) is 0 Å². The molecule has 9 nitrogen and oxygen atoms in total. The van der Waals surface area contributed by atoms with Crippen molar-refractivity contribution in [2.45, 2.75) is 24.1 Å². The summed E-state index contributed by atoms with van der Waals surface area (Å²) in [5.41, 5.74) is 1.98. The molecule has 0 amide bonds. The molecular weight excluding hydrogens is 460 g/mol. The van der Waals surface area contributed by atoms with Gasteiger partial charge in [-0.25, -0.2) is 13.4 Å². The Bertz CT molecular complexity index is 1220. The van der Waals surface area contributed by atoms with Crippen molar-refractivity contribution in [2.75, 3.05) is 32.6 Å². The molecule has 0 spiro atoms. The average Bonchev–Trinajstić information content (AvgIpc) is 3.26. The first-order chi connectivity index (χ1) is 16.3. The van der Waals surface area contributed by atoms with E-state index in [0.29, 0.717) is 36.7 Å². The quantitative estimate of drug-likeness (QED) is 0.487. The largest absolute Gasteiger partial charge is 0.493 e. The summed E-state index contributed by atoms with van der Waals surface area (Å²) >= 11 is 0. The van der Waals surface area contributed by atoms with Crippen LogP contribution in [0, 0.1) is 0 Å². The van der Waals surface area contributed by atoms with Crippen LogP contribution in [0.15, 0.2) is 64.1 Å². The predicted molar refractivity (Wildman–Crippen MR) is 123 cm³/mol. The number of aromatic nitrogens is 1. The minimum absolute atomic E-state index is 0.149. The molecule has 3 aromatic rings. The molecule has 1 fully saturated rings. The van der Waals surface area contributed by atoms with Gasteiger partial charge in [-0.3, -0.25) is 9.69 Å². The van der Waals surface area contributed by atoms with Crippen LogP contribution in [0.25, 0.3) is 11.5 Å². The van der Waals surface area contributed by atoms with Crippen LogP contribution in [0.5, 0.6) is 5.75 Å². The van der Waals surface area contributed by atoms with E-state index in [-0.39, 0.29) is 30.6 Å². The second-order valence-corrected chi connectivity index (χ2v) is 9.95. The molecule has 1 aromatic heterocycles. The van der Waals surface area contributed by atoms with Gasteiger partial charge in [0.15, 0.2) is 0 Å². The van der Waals surface area contributed by atoms with E-state index in [1.54, 1.807) is 24.3 Å². The summed E-state index contributed by atoms with van der Waals surface area (Å²) in [6, 6.07) is 15.8. The average molecular weight is 487 g/mol. The molecule has 1 N–H and O–H groups in total. The van der Waals surface area contributed by atoms with Crippen LogP contribution in [0.4, 0.5) is 0 Å². The highest BCUT2D eigenvalue weighted by atomic mass is 32.2. The molecule has 0 unspecified atom stereocenters. The van der Waals surface area contributed by atoms with Gasteiger partial charge >= 0.3 is 5.97 Å². The van der Waals surface area contributed by atoms with Gasteiger partial charge in [-0.1, -0.05) is 30.3 Å². The predicted octanol–water partition coefficient (Wildman–Crippen LogP) is 2.65. The smallest absolute Gasteiger partial charge is 0.323 e. The van der Waals surface area contributed by atoms with E-state index in [1.807, 2.05) is 35.2 Å². The van der Waals surface area contributed by atoms with Gasteiger partial charge in [-0.15, -0.1) is 0 Å². The van der Waals surface area contributed by atoms with Crippen molar-refractivity contribution in [2.24, 2.45) is 0 Å². The van der Waals surface area contributed by atoms with E-state index < -0.39 is 21.8 Å². The van der Waals surface area contributed by atoms with Crippen molar-refractivity contribution in [3.05, 3.63) is 65.9 Å². The maximum absolute atomic E-state index is 12.2. The lowest BCUT2D eigenvalue weighted by atomic mass is 10.1. The SMILES string of the molecule is CS(=O)(=O)c1oc(-c2ccccc2)nc1CCOc1ccc(CN2CCOC[C@H]2C(=O)O)cc1. The zero-order valence-electron chi connectivity index (χ0n) is 18.7. The summed E-state index contributed by atoms with van der Waals surface area (Å²) in [6.45, 7) is 1.96. The van der Waals surface area contributed by atoms with Crippen LogP contribution in [0.1, 0.15) is 11.3 Å². The zero-order valence-corrected chi connectivity index (χ0v) is 19.5. The standard InChI is InChI=1S/C24H26N2O7S/c1-34(29,30)24-20(25-22(33-24)18-5-3-2-4-6-18)11-13-32-19-9-7-17(8-10-19)15-26-12-14-31-16-21(26)23(27)28/h2-10,21H,11-16H2,1H3,(H,27,28)/t21-/m0/s1. The first-order valence-corrected chi connectivity index (χ1v) is 12.7. The topological polar surface area (TPSA) is 119 Å². The number of hydrogen-bond acceptors (Lipinski definition) is 8. The van der Waals surface area contributed by atoms with Crippen molar-refractivity contribution in [1.82, 2.24) is 9.88 Å². The van der Waals surface area contributed by atoms with Crippen LogP contribution in [0.2, 0.25) is 0 Å². The minimum Gasteiger partial charge on any atom is -0.493 e. The monoisotopic (exact) mass is 486 g/mol. The van der Waals surface area contributed by atoms with Gasteiger partial charge in [0.1, 0.15) is 17.5 Å². The maximum Gasteiger partial charge on any atom is 0.323 e. The number of hydrogen-bond donors (Lipinski definition) is 1. The highest BCUT2D eigenvalue weighted by molar-refractivity contribution is 7.90. The summed E-state index contributed by atoms with van der Waals surface area (Å²) in [5, 5.41) is 9.22. The summed E-state index contributed by atoms with van der Waals surface area (Å²) in [4.78, 5) is 17.7. The Labute approximate surface area is 197 Å². The first-order valence-electron chi connectivity index (χ1n) is 10.8. The Morgan fingerprint density at radius 2 is 1.91 bits per heavy atom. The molecule has 10 heteroatoms. The normalized spacial score (nSPS) is 16.9.